The van der Waals surface area contributed by atoms with E-state index in [9.17, 15) is 9.90 Å². The maximum atomic E-state index is 10.9. The quantitative estimate of drug-likeness (QED) is 0.530. The van der Waals surface area contributed by atoms with E-state index < -0.39 is 0 Å². The second kappa shape index (κ2) is 8.07. The van der Waals surface area contributed by atoms with Crippen molar-refractivity contribution in [2.75, 3.05) is 13.2 Å². The Kier molecular flexibility index (Phi) is 6.53. The van der Waals surface area contributed by atoms with Gasteiger partial charge < -0.3 is 9.84 Å². The Hall–Kier alpha value is -1.09. The molecule has 0 spiro atoms. The molecule has 0 amide bonds. The summed E-state index contributed by atoms with van der Waals surface area (Å²) in [6.07, 6.45) is 10.1. The third-order valence-corrected chi connectivity index (χ3v) is 6.92. The molecule has 1 N–H and O–H groups in total. The molecule has 0 bridgehead atoms. The number of ether oxygens (including phenoxy) is 1. The van der Waals surface area contributed by atoms with Crippen molar-refractivity contribution in [2.45, 2.75) is 79.6 Å². The second-order valence-corrected chi connectivity index (χ2v) is 8.79. The van der Waals surface area contributed by atoms with Crippen LogP contribution in [0.1, 0.15) is 79.6 Å². The predicted octanol–water partition coefficient (Wildman–Crippen LogP) is 5.19. The van der Waals surface area contributed by atoms with E-state index in [1.807, 2.05) is 6.08 Å². The first-order chi connectivity index (χ1) is 11.7. The minimum absolute atomic E-state index is 0.0686. The van der Waals surface area contributed by atoms with Crippen molar-refractivity contribution in [3.63, 3.8) is 0 Å². The van der Waals surface area contributed by atoms with Gasteiger partial charge in [0.15, 0.2) is 0 Å². The maximum absolute atomic E-state index is 10.9. The molecule has 0 aromatic carbocycles. The monoisotopic (exact) mass is 348 g/mol. The van der Waals surface area contributed by atoms with E-state index in [4.69, 9.17) is 4.74 Å². The van der Waals surface area contributed by atoms with Crippen LogP contribution in [0.2, 0.25) is 0 Å². The lowest BCUT2D eigenvalue weighted by Crippen LogP contribution is -2.48. The van der Waals surface area contributed by atoms with E-state index in [2.05, 4.69) is 27.7 Å². The van der Waals surface area contributed by atoms with E-state index in [1.165, 1.54) is 38.2 Å². The molecule has 142 valence electrons. The highest BCUT2D eigenvalue weighted by Gasteiger charge is 2.51. The van der Waals surface area contributed by atoms with Crippen molar-refractivity contribution >= 4 is 5.97 Å². The van der Waals surface area contributed by atoms with E-state index >= 15 is 0 Å². The largest absolute Gasteiger partial charge is 0.462 e. The Balaban J connectivity index is 2.12. The summed E-state index contributed by atoms with van der Waals surface area (Å²) in [6.45, 7) is 11.3. The van der Waals surface area contributed by atoms with Gasteiger partial charge in [0.2, 0.25) is 0 Å². The van der Waals surface area contributed by atoms with Crippen molar-refractivity contribution in [1.82, 2.24) is 0 Å². The number of fused-ring (bicyclic) bond motifs is 1. The second-order valence-electron chi connectivity index (χ2n) is 8.79. The van der Waals surface area contributed by atoms with E-state index in [0.29, 0.717) is 19.1 Å². The zero-order valence-corrected chi connectivity index (χ0v) is 16.8. The van der Waals surface area contributed by atoms with E-state index in [1.54, 1.807) is 11.1 Å². The number of allylic oxidation sites excluding steroid dienone is 3. The van der Waals surface area contributed by atoms with Gasteiger partial charge in [-0.05, 0) is 75.2 Å². The molecule has 0 aliphatic heterocycles. The number of esters is 1. The first-order valence-electron chi connectivity index (χ1n) is 9.82. The molecule has 2 aliphatic carbocycles. The van der Waals surface area contributed by atoms with Crippen molar-refractivity contribution in [3.8, 4) is 0 Å². The van der Waals surface area contributed by atoms with Crippen molar-refractivity contribution < 1.29 is 14.6 Å². The van der Waals surface area contributed by atoms with Crippen LogP contribution in [-0.4, -0.2) is 24.3 Å². The normalized spacial score (nSPS) is 33.2. The summed E-state index contributed by atoms with van der Waals surface area (Å²) >= 11 is 0. The molecule has 2 aliphatic rings. The lowest BCUT2D eigenvalue weighted by atomic mass is 9.49. The van der Waals surface area contributed by atoms with Crippen LogP contribution in [0.25, 0.3) is 0 Å². The molecule has 3 nitrogen and oxygen atoms in total. The van der Waals surface area contributed by atoms with E-state index in [-0.39, 0.29) is 16.8 Å². The fraction of sp³-hybridized carbons (Fsp3) is 0.773. The SMILES string of the molecule is CC(=O)OCC=C(C)CCC1=C(C)CC[C@H]2[C@@](C)(CO)CCC[C@@]12C. The van der Waals surface area contributed by atoms with Gasteiger partial charge in [0.25, 0.3) is 0 Å². The summed E-state index contributed by atoms with van der Waals surface area (Å²) in [7, 11) is 0. The van der Waals surface area contributed by atoms with Gasteiger partial charge in [-0.25, -0.2) is 0 Å². The number of aliphatic hydroxyl groups is 1. The molecule has 0 aromatic heterocycles. The molecule has 2 rings (SSSR count). The first kappa shape index (κ1) is 20.2. The minimum Gasteiger partial charge on any atom is -0.462 e. The summed E-state index contributed by atoms with van der Waals surface area (Å²) in [4.78, 5) is 10.9. The Morgan fingerprint density at radius 2 is 2.04 bits per heavy atom. The van der Waals surface area contributed by atoms with Gasteiger partial charge in [-0.3, -0.25) is 4.79 Å². The summed E-state index contributed by atoms with van der Waals surface area (Å²) < 4.78 is 5.02. The zero-order valence-electron chi connectivity index (χ0n) is 16.8. The van der Waals surface area contributed by atoms with Crippen LogP contribution < -0.4 is 0 Å². The van der Waals surface area contributed by atoms with Crippen LogP contribution >= 0.6 is 0 Å². The maximum Gasteiger partial charge on any atom is 0.302 e. The average Bonchev–Trinajstić information content (AvgIpc) is 2.53. The van der Waals surface area contributed by atoms with Gasteiger partial charge in [-0.2, -0.15) is 0 Å². The number of rotatable bonds is 6. The molecule has 25 heavy (non-hydrogen) atoms. The average molecular weight is 349 g/mol. The third kappa shape index (κ3) is 4.36. The Morgan fingerprint density at radius 3 is 2.68 bits per heavy atom. The topological polar surface area (TPSA) is 46.5 Å². The molecular weight excluding hydrogens is 312 g/mol. The predicted molar refractivity (Wildman–Crippen MR) is 102 cm³/mol. The summed E-state index contributed by atoms with van der Waals surface area (Å²) in [5.74, 6) is 0.360. The first-order valence-corrected chi connectivity index (χ1v) is 9.82. The molecule has 0 aromatic rings. The summed E-state index contributed by atoms with van der Waals surface area (Å²) in [5, 5.41) is 10.0. The zero-order chi connectivity index (χ0) is 18.7. The van der Waals surface area contributed by atoms with Crippen LogP contribution in [0, 0.1) is 16.7 Å². The van der Waals surface area contributed by atoms with Crippen LogP contribution in [-0.2, 0) is 9.53 Å². The fourth-order valence-electron chi connectivity index (χ4n) is 5.42. The van der Waals surface area contributed by atoms with Crippen LogP contribution in [0.4, 0.5) is 0 Å². The molecular formula is C22H36O3. The van der Waals surface area contributed by atoms with Gasteiger partial charge in [0.05, 0.1) is 0 Å². The summed E-state index contributed by atoms with van der Waals surface area (Å²) in [5.41, 5.74) is 4.78. The summed E-state index contributed by atoms with van der Waals surface area (Å²) in [6, 6.07) is 0. The van der Waals surface area contributed by atoms with Gasteiger partial charge in [-0.15, -0.1) is 0 Å². The smallest absolute Gasteiger partial charge is 0.302 e. The molecule has 3 heteroatoms. The Bertz CT molecular complexity index is 560. The molecule has 0 unspecified atom stereocenters. The van der Waals surface area contributed by atoms with Crippen LogP contribution in [0.3, 0.4) is 0 Å². The van der Waals surface area contributed by atoms with Crippen LogP contribution in [0.15, 0.2) is 22.8 Å². The molecule has 0 saturated heterocycles. The van der Waals surface area contributed by atoms with E-state index in [0.717, 1.165) is 19.3 Å². The standard InChI is InChI=1S/C22H36O3/c1-16(11-14-25-18(3)24)7-9-19-17(2)8-10-20-21(4,15-23)12-6-13-22(19,20)5/h11,20,23H,6-10,12-15H2,1-5H3/t20-,21+,22-/m0/s1. The minimum atomic E-state index is -0.226. The molecule has 1 saturated carbocycles. The number of carbonyl (C=O) groups is 1. The van der Waals surface area contributed by atoms with Crippen molar-refractivity contribution in [1.29, 1.82) is 0 Å². The lowest BCUT2D eigenvalue weighted by molar-refractivity contribution is -0.139. The number of hydrogen-bond donors (Lipinski definition) is 1. The van der Waals surface area contributed by atoms with Crippen molar-refractivity contribution in [2.24, 2.45) is 16.7 Å². The molecule has 0 heterocycles. The Labute approximate surface area is 153 Å². The molecule has 1 fully saturated rings. The fourth-order valence-corrected chi connectivity index (χ4v) is 5.42. The molecule has 0 radical (unpaired) electrons. The van der Waals surface area contributed by atoms with Crippen LogP contribution in [0.5, 0.6) is 0 Å². The molecule has 3 atom stereocenters. The highest BCUT2D eigenvalue weighted by molar-refractivity contribution is 5.66. The van der Waals surface area contributed by atoms with Gasteiger partial charge >= 0.3 is 5.97 Å². The van der Waals surface area contributed by atoms with Gasteiger partial charge in [0.1, 0.15) is 6.61 Å². The number of aliphatic hydroxyl groups excluding tert-OH is 1. The van der Waals surface area contributed by atoms with Crippen molar-refractivity contribution in [3.05, 3.63) is 22.8 Å². The van der Waals surface area contributed by atoms with Gasteiger partial charge in [0, 0.05) is 13.5 Å². The number of carbonyl (C=O) groups excluding carboxylic acids is 1. The lowest BCUT2D eigenvalue weighted by Gasteiger charge is -2.56. The third-order valence-electron chi connectivity index (χ3n) is 6.92. The Morgan fingerprint density at radius 1 is 1.32 bits per heavy atom. The highest BCUT2D eigenvalue weighted by Crippen LogP contribution is 2.60. The van der Waals surface area contributed by atoms with Gasteiger partial charge in [-0.1, -0.05) is 37.0 Å². The number of hydrogen-bond acceptors (Lipinski definition) is 3. The highest BCUT2D eigenvalue weighted by atomic mass is 16.5.